The number of hydrogen-bond donors (Lipinski definition) is 2. The van der Waals surface area contributed by atoms with Crippen molar-refractivity contribution >= 4 is 5.91 Å². The number of nitrogens with one attached hydrogen (secondary N) is 1. The molecule has 4 heteroatoms. The molecule has 0 bridgehead atoms. The van der Waals surface area contributed by atoms with E-state index in [1.807, 2.05) is 13.8 Å². The standard InChI is InChI=1S/C15H31N3O/c1-5-15(16,6-2)13(19)17-12-14(18(3)4)10-8-7-9-11-14/h5-12,16H2,1-4H3,(H,17,19). The summed E-state index contributed by atoms with van der Waals surface area (Å²) in [6.45, 7) is 4.68. The van der Waals surface area contributed by atoms with Gasteiger partial charge in [0.25, 0.3) is 0 Å². The summed E-state index contributed by atoms with van der Waals surface area (Å²) in [5.74, 6) is 0.00398. The van der Waals surface area contributed by atoms with Crippen LogP contribution in [0.15, 0.2) is 0 Å². The lowest BCUT2D eigenvalue weighted by molar-refractivity contribution is -0.127. The Bertz CT molecular complexity index is 292. The number of rotatable bonds is 6. The van der Waals surface area contributed by atoms with Gasteiger partial charge in [-0.15, -0.1) is 0 Å². The number of nitrogens with two attached hydrogens (primary N) is 1. The largest absolute Gasteiger partial charge is 0.353 e. The van der Waals surface area contributed by atoms with Crippen LogP contribution in [0.1, 0.15) is 58.8 Å². The van der Waals surface area contributed by atoms with E-state index < -0.39 is 5.54 Å². The fourth-order valence-electron chi connectivity index (χ4n) is 2.98. The van der Waals surface area contributed by atoms with Gasteiger partial charge in [0.2, 0.25) is 5.91 Å². The van der Waals surface area contributed by atoms with E-state index in [-0.39, 0.29) is 11.4 Å². The van der Waals surface area contributed by atoms with Crippen LogP contribution in [0, 0.1) is 0 Å². The molecule has 1 rings (SSSR count). The summed E-state index contributed by atoms with van der Waals surface area (Å²) in [4.78, 5) is 14.6. The van der Waals surface area contributed by atoms with Crippen LogP contribution in [-0.2, 0) is 4.79 Å². The van der Waals surface area contributed by atoms with E-state index in [1.54, 1.807) is 0 Å². The third-order valence-corrected chi connectivity index (χ3v) is 5.02. The number of carbonyl (C=O) groups excluding carboxylic acids is 1. The van der Waals surface area contributed by atoms with E-state index in [0.717, 1.165) is 19.4 Å². The molecule has 0 aromatic rings. The van der Waals surface area contributed by atoms with Crippen molar-refractivity contribution in [3.8, 4) is 0 Å². The Morgan fingerprint density at radius 2 is 1.74 bits per heavy atom. The average molecular weight is 269 g/mol. The van der Waals surface area contributed by atoms with Crippen LogP contribution < -0.4 is 11.1 Å². The molecule has 1 amide bonds. The lowest BCUT2D eigenvalue weighted by Gasteiger charge is -2.43. The molecule has 0 aromatic heterocycles. The Morgan fingerprint density at radius 1 is 1.21 bits per heavy atom. The molecule has 0 spiro atoms. The molecule has 3 N–H and O–H groups in total. The van der Waals surface area contributed by atoms with Gasteiger partial charge in [0.1, 0.15) is 0 Å². The summed E-state index contributed by atoms with van der Waals surface area (Å²) >= 11 is 0. The first-order valence-corrected chi connectivity index (χ1v) is 7.65. The summed E-state index contributed by atoms with van der Waals surface area (Å²) in [5, 5.41) is 3.11. The van der Waals surface area contributed by atoms with Crippen LogP contribution in [0.2, 0.25) is 0 Å². The smallest absolute Gasteiger partial charge is 0.240 e. The highest BCUT2D eigenvalue weighted by molar-refractivity contribution is 5.86. The molecule has 0 atom stereocenters. The van der Waals surface area contributed by atoms with Crippen LogP contribution in [0.25, 0.3) is 0 Å². The first-order chi connectivity index (χ1) is 8.90. The fraction of sp³-hybridized carbons (Fsp3) is 0.933. The van der Waals surface area contributed by atoms with Crippen molar-refractivity contribution < 1.29 is 4.79 Å². The van der Waals surface area contributed by atoms with E-state index in [9.17, 15) is 4.79 Å². The molecule has 0 saturated heterocycles. The number of amides is 1. The molecule has 0 radical (unpaired) electrons. The normalized spacial score (nSPS) is 19.5. The van der Waals surface area contributed by atoms with Gasteiger partial charge in [-0.2, -0.15) is 0 Å². The van der Waals surface area contributed by atoms with Crippen LogP contribution in [0.5, 0.6) is 0 Å². The Kier molecular flexibility index (Phi) is 5.81. The molecule has 1 aliphatic carbocycles. The van der Waals surface area contributed by atoms with Crippen molar-refractivity contribution in [3.05, 3.63) is 0 Å². The van der Waals surface area contributed by atoms with Gasteiger partial charge >= 0.3 is 0 Å². The SMILES string of the molecule is CCC(N)(CC)C(=O)NCC1(N(C)C)CCCCC1. The zero-order valence-corrected chi connectivity index (χ0v) is 13.1. The number of nitrogens with zero attached hydrogens (tertiary/aromatic N) is 1. The van der Waals surface area contributed by atoms with E-state index in [1.165, 1.54) is 19.3 Å². The summed E-state index contributed by atoms with van der Waals surface area (Å²) in [5.41, 5.74) is 5.56. The van der Waals surface area contributed by atoms with Gasteiger partial charge in [0, 0.05) is 12.1 Å². The van der Waals surface area contributed by atoms with E-state index in [4.69, 9.17) is 5.73 Å². The predicted molar refractivity (Wildman–Crippen MR) is 80.0 cm³/mol. The minimum Gasteiger partial charge on any atom is -0.353 e. The molecule has 0 unspecified atom stereocenters. The maximum absolute atomic E-state index is 12.3. The molecule has 1 fully saturated rings. The third-order valence-electron chi connectivity index (χ3n) is 5.02. The zero-order valence-electron chi connectivity index (χ0n) is 13.1. The number of hydrogen-bond acceptors (Lipinski definition) is 3. The Hall–Kier alpha value is -0.610. The molecular weight excluding hydrogens is 238 g/mol. The van der Waals surface area contributed by atoms with Gasteiger partial charge in [-0.05, 0) is 39.8 Å². The van der Waals surface area contributed by atoms with Crippen LogP contribution in [0.4, 0.5) is 0 Å². The number of likely N-dealkylation sites (N-methyl/N-ethyl adjacent to an activating group) is 1. The van der Waals surface area contributed by atoms with Crippen molar-refractivity contribution in [1.29, 1.82) is 0 Å². The highest BCUT2D eigenvalue weighted by Gasteiger charge is 2.37. The molecule has 0 heterocycles. The first-order valence-electron chi connectivity index (χ1n) is 7.65. The third kappa shape index (κ3) is 3.69. The molecular formula is C15H31N3O. The summed E-state index contributed by atoms with van der Waals surface area (Å²) < 4.78 is 0. The number of carbonyl (C=O) groups is 1. The van der Waals surface area contributed by atoms with Gasteiger partial charge in [0.15, 0.2) is 0 Å². The first kappa shape index (κ1) is 16.4. The van der Waals surface area contributed by atoms with Gasteiger partial charge < -0.3 is 16.0 Å². The van der Waals surface area contributed by atoms with E-state index in [2.05, 4.69) is 24.3 Å². The summed E-state index contributed by atoms with van der Waals surface area (Å²) in [6, 6.07) is 0. The van der Waals surface area contributed by atoms with Crippen molar-refractivity contribution in [1.82, 2.24) is 10.2 Å². The van der Waals surface area contributed by atoms with Gasteiger partial charge in [0.05, 0.1) is 5.54 Å². The molecule has 0 aliphatic heterocycles. The summed E-state index contributed by atoms with van der Waals surface area (Å²) in [6.07, 6.45) is 7.52. The van der Waals surface area contributed by atoms with Crippen molar-refractivity contribution in [2.24, 2.45) is 5.73 Å². The van der Waals surface area contributed by atoms with Gasteiger partial charge in [-0.3, -0.25) is 4.79 Å². The van der Waals surface area contributed by atoms with Crippen molar-refractivity contribution in [2.45, 2.75) is 69.9 Å². The fourth-order valence-corrected chi connectivity index (χ4v) is 2.98. The van der Waals surface area contributed by atoms with Gasteiger partial charge in [-0.25, -0.2) is 0 Å². The topological polar surface area (TPSA) is 58.4 Å². The van der Waals surface area contributed by atoms with Crippen LogP contribution in [-0.4, -0.2) is 42.5 Å². The van der Waals surface area contributed by atoms with Crippen molar-refractivity contribution in [2.75, 3.05) is 20.6 Å². The Morgan fingerprint density at radius 3 is 2.16 bits per heavy atom. The molecule has 4 nitrogen and oxygen atoms in total. The predicted octanol–water partition coefficient (Wildman–Crippen LogP) is 1.88. The lowest BCUT2D eigenvalue weighted by atomic mass is 9.80. The molecule has 112 valence electrons. The average Bonchev–Trinajstić information content (AvgIpc) is 2.44. The molecule has 1 aliphatic rings. The lowest BCUT2D eigenvalue weighted by Crippen LogP contribution is -2.59. The van der Waals surface area contributed by atoms with E-state index >= 15 is 0 Å². The monoisotopic (exact) mass is 269 g/mol. The second-order valence-electron chi connectivity index (χ2n) is 6.23. The Labute approximate surface area is 118 Å². The van der Waals surface area contributed by atoms with Crippen LogP contribution in [0.3, 0.4) is 0 Å². The van der Waals surface area contributed by atoms with Crippen molar-refractivity contribution in [3.63, 3.8) is 0 Å². The maximum Gasteiger partial charge on any atom is 0.240 e. The van der Waals surface area contributed by atoms with Gasteiger partial charge in [-0.1, -0.05) is 33.1 Å². The second-order valence-corrected chi connectivity index (χ2v) is 6.23. The molecule has 19 heavy (non-hydrogen) atoms. The molecule has 0 aromatic carbocycles. The highest BCUT2D eigenvalue weighted by atomic mass is 16.2. The van der Waals surface area contributed by atoms with Crippen LogP contribution >= 0.6 is 0 Å². The minimum atomic E-state index is -0.706. The second kappa shape index (κ2) is 6.71. The maximum atomic E-state index is 12.3. The minimum absolute atomic E-state index is 0.00398. The summed E-state index contributed by atoms with van der Waals surface area (Å²) in [7, 11) is 4.24. The quantitative estimate of drug-likeness (QED) is 0.774. The molecule has 1 saturated carbocycles. The zero-order chi connectivity index (χ0) is 14.5. The highest BCUT2D eigenvalue weighted by Crippen LogP contribution is 2.31. The Balaban J connectivity index is 2.64. The van der Waals surface area contributed by atoms with E-state index in [0.29, 0.717) is 12.8 Å².